The van der Waals surface area contributed by atoms with E-state index in [1.54, 1.807) is 0 Å². The van der Waals surface area contributed by atoms with Crippen LogP contribution in [0.2, 0.25) is 0 Å². The fourth-order valence-electron chi connectivity index (χ4n) is 1.22. The Morgan fingerprint density at radius 3 is 2.67 bits per heavy atom. The first-order valence-corrected chi connectivity index (χ1v) is 5.12. The largest absolute Gasteiger partial charge is 0.459 e. The number of benzene rings is 1. The highest BCUT2D eigenvalue weighted by molar-refractivity contribution is 5.74. The van der Waals surface area contributed by atoms with Gasteiger partial charge in [-0.25, -0.2) is 4.79 Å². The van der Waals surface area contributed by atoms with Gasteiger partial charge >= 0.3 is 5.97 Å². The summed E-state index contributed by atoms with van der Waals surface area (Å²) >= 11 is 0. The molecule has 0 spiro atoms. The third kappa shape index (κ3) is 4.13. The topological polar surface area (TPSA) is 46.5 Å². The van der Waals surface area contributed by atoms with E-state index in [0.29, 0.717) is 6.42 Å². The van der Waals surface area contributed by atoms with Crippen molar-refractivity contribution >= 4 is 5.97 Å². The summed E-state index contributed by atoms with van der Waals surface area (Å²) < 4.78 is 4.95. The van der Waals surface area contributed by atoms with Gasteiger partial charge in [-0.15, -0.1) is 0 Å². The highest BCUT2D eigenvalue weighted by Crippen LogP contribution is 2.04. The molecule has 3 heteroatoms. The van der Waals surface area contributed by atoms with Crippen molar-refractivity contribution in [1.82, 2.24) is 0 Å². The minimum atomic E-state index is -0.987. The van der Waals surface area contributed by atoms with E-state index in [2.05, 4.69) is 0 Å². The summed E-state index contributed by atoms with van der Waals surface area (Å²) in [5, 5.41) is 9.32. The average Bonchev–Trinajstić information content (AvgIpc) is 2.27. The molecule has 1 N–H and O–H groups in total. The second-order valence-electron chi connectivity index (χ2n) is 3.40. The van der Waals surface area contributed by atoms with Crippen LogP contribution in [0.1, 0.15) is 25.3 Å². The molecule has 0 aromatic heterocycles. The molecule has 0 heterocycles. The van der Waals surface area contributed by atoms with E-state index in [1.807, 2.05) is 37.3 Å². The van der Waals surface area contributed by atoms with E-state index in [1.165, 1.54) is 0 Å². The zero-order valence-electron chi connectivity index (χ0n) is 8.85. The minimum absolute atomic E-state index is 0.223. The molecule has 1 aromatic carbocycles. The van der Waals surface area contributed by atoms with Crippen LogP contribution < -0.4 is 0 Å². The molecule has 0 saturated heterocycles. The van der Waals surface area contributed by atoms with E-state index in [4.69, 9.17) is 4.74 Å². The van der Waals surface area contributed by atoms with Crippen LogP contribution in [0.15, 0.2) is 30.3 Å². The Bertz CT molecular complexity index is 295. The molecule has 1 rings (SSSR count). The molecule has 15 heavy (non-hydrogen) atoms. The van der Waals surface area contributed by atoms with Gasteiger partial charge in [0.05, 0.1) is 0 Å². The Balaban J connectivity index is 2.34. The molecule has 3 nitrogen and oxygen atoms in total. The number of hydrogen-bond acceptors (Lipinski definition) is 3. The molecule has 0 aliphatic carbocycles. The van der Waals surface area contributed by atoms with Crippen LogP contribution in [0.4, 0.5) is 0 Å². The van der Waals surface area contributed by atoms with Crippen molar-refractivity contribution in [3.8, 4) is 0 Å². The summed E-state index contributed by atoms with van der Waals surface area (Å²) in [5.74, 6) is -0.541. The average molecular weight is 208 g/mol. The molecule has 82 valence electrons. The maximum atomic E-state index is 11.2. The van der Waals surface area contributed by atoms with Crippen LogP contribution in [0.5, 0.6) is 0 Å². The SMILES string of the molecule is CCC[C@H](O)C(=O)OCc1ccccc1. The lowest BCUT2D eigenvalue weighted by Crippen LogP contribution is -2.22. The second kappa shape index (κ2) is 6.19. The fraction of sp³-hybridized carbons (Fsp3) is 0.417. The summed E-state index contributed by atoms with van der Waals surface area (Å²) in [6.45, 7) is 2.13. The number of aliphatic hydroxyl groups is 1. The number of aliphatic hydroxyl groups excluding tert-OH is 1. The molecule has 1 aromatic rings. The lowest BCUT2D eigenvalue weighted by atomic mass is 10.2. The maximum absolute atomic E-state index is 11.2. The Morgan fingerprint density at radius 2 is 2.07 bits per heavy atom. The number of esters is 1. The standard InChI is InChI=1S/C12H16O3/c1-2-6-11(13)12(14)15-9-10-7-4-3-5-8-10/h3-5,7-8,11,13H,2,6,9H2,1H3/t11-/m0/s1. The third-order valence-corrected chi connectivity index (χ3v) is 2.06. The van der Waals surface area contributed by atoms with Crippen LogP contribution in [-0.4, -0.2) is 17.2 Å². The van der Waals surface area contributed by atoms with Crippen molar-refractivity contribution in [2.45, 2.75) is 32.5 Å². The van der Waals surface area contributed by atoms with E-state index in [9.17, 15) is 9.90 Å². The number of ether oxygens (including phenoxy) is 1. The Hall–Kier alpha value is -1.35. The van der Waals surface area contributed by atoms with Crippen molar-refractivity contribution in [2.75, 3.05) is 0 Å². The Morgan fingerprint density at radius 1 is 1.40 bits per heavy atom. The van der Waals surface area contributed by atoms with Gasteiger partial charge in [-0.1, -0.05) is 43.7 Å². The Labute approximate surface area is 89.7 Å². The molecule has 0 fully saturated rings. The fourth-order valence-corrected chi connectivity index (χ4v) is 1.22. The predicted molar refractivity (Wildman–Crippen MR) is 57.2 cm³/mol. The normalized spacial score (nSPS) is 12.1. The first kappa shape index (κ1) is 11.7. The van der Waals surface area contributed by atoms with Gasteiger partial charge in [0, 0.05) is 0 Å². The monoisotopic (exact) mass is 208 g/mol. The molecule has 0 aliphatic rings. The van der Waals surface area contributed by atoms with Gasteiger partial charge in [-0.05, 0) is 12.0 Å². The third-order valence-electron chi connectivity index (χ3n) is 2.06. The van der Waals surface area contributed by atoms with Gasteiger partial charge in [-0.2, -0.15) is 0 Å². The van der Waals surface area contributed by atoms with E-state index < -0.39 is 12.1 Å². The highest BCUT2D eigenvalue weighted by Gasteiger charge is 2.14. The van der Waals surface area contributed by atoms with Crippen molar-refractivity contribution in [3.05, 3.63) is 35.9 Å². The van der Waals surface area contributed by atoms with E-state index in [-0.39, 0.29) is 6.61 Å². The quantitative estimate of drug-likeness (QED) is 0.752. The molecule has 0 saturated carbocycles. The van der Waals surface area contributed by atoms with Gasteiger partial charge in [0.2, 0.25) is 0 Å². The summed E-state index contributed by atoms with van der Waals surface area (Å²) in [7, 11) is 0. The lowest BCUT2D eigenvalue weighted by molar-refractivity contribution is -0.155. The van der Waals surface area contributed by atoms with Crippen LogP contribution in [0, 0.1) is 0 Å². The molecular formula is C12H16O3. The predicted octanol–water partition coefficient (Wildman–Crippen LogP) is 1.89. The molecule has 0 amide bonds. The summed E-state index contributed by atoms with van der Waals surface area (Å²) in [5.41, 5.74) is 0.926. The molecule has 1 atom stereocenters. The first-order chi connectivity index (χ1) is 7.24. The van der Waals surface area contributed by atoms with Crippen molar-refractivity contribution in [1.29, 1.82) is 0 Å². The van der Waals surface area contributed by atoms with E-state index >= 15 is 0 Å². The Kier molecular flexibility index (Phi) is 4.84. The number of hydrogen-bond donors (Lipinski definition) is 1. The van der Waals surface area contributed by atoms with Crippen molar-refractivity contribution < 1.29 is 14.6 Å². The lowest BCUT2D eigenvalue weighted by Gasteiger charge is -2.09. The molecule has 0 aliphatic heterocycles. The molecular weight excluding hydrogens is 192 g/mol. The van der Waals surface area contributed by atoms with Crippen LogP contribution in [0.3, 0.4) is 0 Å². The van der Waals surface area contributed by atoms with Crippen LogP contribution >= 0.6 is 0 Å². The van der Waals surface area contributed by atoms with Gasteiger partial charge in [-0.3, -0.25) is 0 Å². The van der Waals surface area contributed by atoms with Crippen molar-refractivity contribution in [2.24, 2.45) is 0 Å². The highest BCUT2D eigenvalue weighted by atomic mass is 16.5. The van der Waals surface area contributed by atoms with Gasteiger partial charge in [0.25, 0.3) is 0 Å². The number of carbonyl (C=O) groups is 1. The molecule has 0 radical (unpaired) electrons. The maximum Gasteiger partial charge on any atom is 0.335 e. The number of carbonyl (C=O) groups excluding carboxylic acids is 1. The summed E-state index contributed by atoms with van der Waals surface area (Å²) in [6.07, 6.45) is 0.230. The summed E-state index contributed by atoms with van der Waals surface area (Å²) in [6, 6.07) is 9.41. The van der Waals surface area contributed by atoms with Crippen molar-refractivity contribution in [3.63, 3.8) is 0 Å². The molecule has 0 unspecified atom stereocenters. The zero-order chi connectivity index (χ0) is 11.1. The van der Waals surface area contributed by atoms with Gasteiger partial charge in [0.1, 0.15) is 6.61 Å². The summed E-state index contributed by atoms with van der Waals surface area (Å²) in [4.78, 5) is 11.2. The second-order valence-corrected chi connectivity index (χ2v) is 3.40. The van der Waals surface area contributed by atoms with E-state index in [0.717, 1.165) is 12.0 Å². The minimum Gasteiger partial charge on any atom is -0.459 e. The molecule has 0 bridgehead atoms. The van der Waals surface area contributed by atoms with Crippen LogP contribution in [0.25, 0.3) is 0 Å². The van der Waals surface area contributed by atoms with Gasteiger partial charge in [0.15, 0.2) is 6.10 Å². The zero-order valence-corrected chi connectivity index (χ0v) is 8.85. The first-order valence-electron chi connectivity index (χ1n) is 5.12. The smallest absolute Gasteiger partial charge is 0.335 e. The van der Waals surface area contributed by atoms with Crippen LogP contribution in [-0.2, 0) is 16.1 Å². The van der Waals surface area contributed by atoms with Gasteiger partial charge < -0.3 is 9.84 Å². The number of rotatable bonds is 5.